The monoisotopic (exact) mass is 279 g/mol. The summed E-state index contributed by atoms with van der Waals surface area (Å²) in [5.74, 6) is 0.804. The molecule has 1 aliphatic carbocycles. The Balaban J connectivity index is 1.42. The molecule has 0 spiro atoms. The van der Waals surface area contributed by atoms with Gasteiger partial charge in [0, 0.05) is 25.2 Å². The minimum Gasteiger partial charge on any atom is -0.326 e. The van der Waals surface area contributed by atoms with Gasteiger partial charge < -0.3 is 10.6 Å². The van der Waals surface area contributed by atoms with Crippen LogP contribution < -0.4 is 5.73 Å². The Hall–Kier alpha value is -0.120. The van der Waals surface area contributed by atoms with Gasteiger partial charge in [0.1, 0.15) is 0 Å². The molecule has 2 heterocycles. The van der Waals surface area contributed by atoms with Crippen molar-refractivity contribution in [2.45, 2.75) is 69.9 Å². The Bertz CT molecular complexity index is 282. The third-order valence-corrected chi connectivity index (χ3v) is 5.88. The molecule has 3 heteroatoms. The standard InChI is InChI=1S/C17H33N3/c18-17(15-7-3-1-4-8-15)14-19-12-9-16(13-19)20-10-5-2-6-11-20/h15-17H,1-14,18H2. The molecule has 116 valence electrons. The van der Waals surface area contributed by atoms with Gasteiger partial charge in [0.25, 0.3) is 0 Å². The SMILES string of the molecule is NC(CN1CCC(N2CCCCC2)C1)C1CCCCC1. The van der Waals surface area contributed by atoms with Crippen LogP contribution in [0.3, 0.4) is 0 Å². The molecule has 1 saturated carbocycles. The second-order valence-corrected chi connectivity index (χ2v) is 7.36. The topological polar surface area (TPSA) is 32.5 Å². The molecule has 3 nitrogen and oxygen atoms in total. The Morgan fingerprint density at radius 1 is 0.850 bits per heavy atom. The number of likely N-dealkylation sites (tertiary alicyclic amines) is 2. The number of nitrogens with two attached hydrogens (primary N) is 1. The van der Waals surface area contributed by atoms with Gasteiger partial charge in [-0.1, -0.05) is 25.7 Å². The highest BCUT2D eigenvalue weighted by Gasteiger charge is 2.30. The summed E-state index contributed by atoms with van der Waals surface area (Å²) in [6, 6.07) is 1.25. The summed E-state index contributed by atoms with van der Waals surface area (Å²) in [4.78, 5) is 5.40. The van der Waals surface area contributed by atoms with E-state index in [0.29, 0.717) is 6.04 Å². The van der Waals surface area contributed by atoms with Gasteiger partial charge in [-0.3, -0.25) is 4.90 Å². The van der Waals surface area contributed by atoms with E-state index in [1.165, 1.54) is 84.0 Å². The van der Waals surface area contributed by atoms with Crippen molar-refractivity contribution in [1.82, 2.24) is 9.80 Å². The van der Waals surface area contributed by atoms with Crippen LogP contribution >= 0.6 is 0 Å². The lowest BCUT2D eigenvalue weighted by atomic mass is 9.84. The van der Waals surface area contributed by atoms with Crippen molar-refractivity contribution < 1.29 is 0 Å². The van der Waals surface area contributed by atoms with E-state index in [0.717, 1.165) is 18.5 Å². The summed E-state index contributed by atoms with van der Waals surface area (Å²) < 4.78 is 0. The van der Waals surface area contributed by atoms with E-state index >= 15 is 0 Å². The fraction of sp³-hybridized carbons (Fsp3) is 1.00. The maximum atomic E-state index is 6.50. The number of hydrogen-bond donors (Lipinski definition) is 1. The number of hydrogen-bond acceptors (Lipinski definition) is 3. The zero-order valence-corrected chi connectivity index (χ0v) is 13.1. The third-order valence-electron chi connectivity index (χ3n) is 5.88. The lowest BCUT2D eigenvalue weighted by Crippen LogP contribution is -2.44. The van der Waals surface area contributed by atoms with Crippen LogP contribution in [0.15, 0.2) is 0 Å². The molecular formula is C17H33N3. The van der Waals surface area contributed by atoms with Crippen molar-refractivity contribution in [1.29, 1.82) is 0 Å². The molecule has 0 bridgehead atoms. The normalized spacial score (nSPS) is 32.5. The van der Waals surface area contributed by atoms with Gasteiger partial charge in [0.05, 0.1) is 0 Å². The second-order valence-electron chi connectivity index (χ2n) is 7.36. The summed E-state index contributed by atoms with van der Waals surface area (Å²) in [7, 11) is 0. The summed E-state index contributed by atoms with van der Waals surface area (Å²) in [5, 5.41) is 0. The molecular weight excluding hydrogens is 246 g/mol. The molecule has 3 rings (SSSR count). The summed E-state index contributed by atoms with van der Waals surface area (Å²) in [5.41, 5.74) is 6.50. The van der Waals surface area contributed by atoms with Crippen molar-refractivity contribution in [3.05, 3.63) is 0 Å². The first-order valence-electron chi connectivity index (χ1n) is 9.05. The fourth-order valence-electron chi connectivity index (χ4n) is 4.57. The van der Waals surface area contributed by atoms with Crippen LogP contribution in [0.25, 0.3) is 0 Å². The van der Waals surface area contributed by atoms with E-state index in [-0.39, 0.29) is 0 Å². The first-order valence-corrected chi connectivity index (χ1v) is 9.05. The highest BCUT2D eigenvalue weighted by Crippen LogP contribution is 2.27. The molecule has 2 atom stereocenters. The quantitative estimate of drug-likeness (QED) is 0.858. The predicted molar refractivity (Wildman–Crippen MR) is 84.8 cm³/mol. The Kier molecular flexibility index (Phi) is 5.36. The van der Waals surface area contributed by atoms with E-state index in [2.05, 4.69) is 9.80 Å². The zero-order chi connectivity index (χ0) is 13.8. The number of piperidine rings is 1. The molecule has 2 saturated heterocycles. The van der Waals surface area contributed by atoms with Gasteiger partial charge in [-0.05, 0) is 57.7 Å². The lowest BCUT2D eigenvalue weighted by Gasteiger charge is -2.33. The molecule has 0 aromatic carbocycles. The number of rotatable bonds is 4. The van der Waals surface area contributed by atoms with Crippen molar-refractivity contribution in [2.24, 2.45) is 11.7 Å². The van der Waals surface area contributed by atoms with Crippen molar-refractivity contribution >= 4 is 0 Å². The van der Waals surface area contributed by atoms with Gasteiger partial charge in [-0.25, -0.2) is 0 Å². The predicted octanol–water partition coefficient (Wildman–Crippen LogP) is 2.45. The van der Waals surface area contributed by atoms with Gasteiger partial charge in [-0.15, -0.1) is 0 Å². The molecule has 0 amide bonds. The lowest BCUT2D eigenvalue weighted by molar-refractivity contribution is 0.157. The Morgan fingerprint density at radius 3 is 2.30 bits per heavy atom. The molecule has 3 fully saturated rings. The number of nitrogens with zero attached hydrogens (tertiary/aromatic N) is 2. The van der Waals surface area contributed by atoms with Crippen LogP contribution in [-0.4, -0.2) is 54.6 Å². The van der Waals surface area contributed by atoms with E-state index in [9.17, 15) is 0 Å². The molecule has 0 aromatic rings. The zero-order valence-electron chi connectivity index (χ0n) is 13.1. The van der Waals surface area contributed by atoms with Crippen LogP contribution in [0.4, 0.5) is 0 Å². The Morgan fingerprint density at radius 2 is 1.55 bits per heavy atom. The average Bonchev–Trinajstić information content (AvgIpc) is 2.97. The Labute approximate surface area is 124 Å². The summed E-state index contributed by atoms with van der Waals surface area (Å²) in [6.45, 7) is 6.39. The fourth-order valence-corrected chi connectivity index (χ4v) is 4.57. The van der Waals surface area contributed by atoms with Crippen LogP contribution in [0.1, 0.15) is 57.8 Å². The molecule has 2 N–H and O–H groups in total. The maximum absolute atomic E-state index is 6.50. The molecule has 3 aliphatic rings. The van der Waals surface area contributed by atoms with Gasteiger partial charge >= 0.3 is 0 Å². The minimum atomic E-state index is 0.426. The largest absolute Gasteiger partial charge is 0.326 e. The van der Waals surface area contributed by atoms with Crippen molar-refractivity contribution in [3.8, 4) is 0 Å². The molecule has 0 aromatic heterocycles. The van der Waals surface area contributed by atoms with Crippen molar-refractivity contribution in [3.63, 3.8) is 0 Å². The van der Waals surface area contributed by atoms with Crippen LogP contribution in [0, 0.1) is 5.92 Å². The summed E-state index contributed by atoms with van der Waals surface area (Å²) in [6.07, 6.45) is 12.7. The van der Waals surface area contributed by atoms with Crippen molar-refractivity contribution in [2.75, 3.05) is 32.7 Å². The average molecular weight is 279 g/mol. The first kappa shape index (κ1) is 14.8. The van der Waals surface area contributed by atoms with Crippen LogP contribution in [-0.2, 0) is 0 Å². The summed E-state index contributed by atoms with van der Waals surface area (Å²) >= 11 is 0. The highest BCUT2D eigenvalue weighted by molar-refractivity contribution is 4.88. The van der Waals surface area contributed by atoms with E-state index in [1.807, 2.05) is 0 Å². The smallest absolute Gasteiger partial charge is 0.0235 e. The molecule has 0 radical (unpaired) electrons. The molecule has 2 aliphatic heterocycles. The van der Waals surface area contributed by atoms with Crippen LogP contribution in [0.5, 0.6) is 0 Å². The second kappa shape index (κ2) is 7.24. The highest BCUT2D eigenvalue weighted by atomic mass is 15.3. The minimum absolute atomic E-state index is 0.426. The van der Waals surface area contributed by atoms with E-state index in [4.69, 9.17) is 5.73 Å². The van der Waals surface area contributed by atoms with E-state index in [1.54, 1.807) is 0 Å². The molecule has 20 heavy (non-hydrogen) atoms. The van der Waals surface area contributed by atoms with Gasteiger partial charge in [-0.2, -0.15) is 0 Å². The van der Waals surface area contributed by atoms with Gasteiger partial charge in [0.15, 0.2) is 0 Å². The van der Waals surface area contributed by atoms with Gasteiger partial charge in [0.2, 0.25) is 0 Å². The maximum Gasteiger partial charge on any atom is 0.0235 e. The van der Waals surface area contributed by atoms with E-state index < -0.39 is 0 Å². The first-order chi connectivity index (χ1) is 9.83. The molecule has 2 unspecified atom stereocenters. The third kappa shape index (κ3) is 3.75. The van der Waals surface area contributed by atoms with Crippen LogP contribution in [0.2, 0.25) is 0 Å².